The van der Waals surface area contributed by atoms with Crippen molar-refractivity contribution >= 4 is 39.7 Å². The molecule has 0 spiro atoms. The summed E-state index contributed by atoms with van der Waals surface area (Å²) in [5.74, 6) is 0.0735. The molecule has 120 valence electrons. The zero-order valence-electron chi connectivity index (χ0n) is 13.4. The molecule has 22 heavy (non-hydrogen) atoms. The summed E-state index contributed by atoms with van der Waals surface area (Å²) in [6.07, 6.45) is 2.65. The minimum absolute atomic E-state index is 0.0735. The smallest absolute Gasteiger partial charge is 0.157 e. The zero-order chi connectivity index (χ0) is 16.5. The second-order valence-corrected chi connectivity index (χ2v) is 9.84. The summed E-state index contributed by atoms with van der Waals surface area (Å²) in [5, 5.41) is 0. The molecule has 0 N–H and O–H groups in total. The monoisotopic (exact) mass is 431 g/mol. The number of benzene rings is 1. The molecule has 2 atom stereocenters. The van der Waals surface area contributed by atoms with Crippen LogP contribution in [-0.2, 0) is 22.6 Å². The van der Waals surface area contributed by atoms with Gasteiger partial charge in [-0.3, -0.25) is 4.79 Å². The molecule has 1 aliphatic heterocycles. The number of carbonyl (C=O) groups excluding carboxylic acids is 1. The van der Waals surface area contributed by atoms with E-state index in [2.05, 4.69) is 34.7 Å². The Bertz CT molecular complexity index is 595. The first-order chi connectivity index (χ1) is 10.2. The summed E-state index contributed by atoms with van der Waals surface area (Å²) >= 11 is 1.18. The van der Waals surface area contributed by atoms with Crippen LogP contribution in [0.3, 0.4) is 0 Å². The number of carbonyl (C=O) groups is 1. The number of hydrogen-bond donors (Lipinski definition) is 0. The van der Waals surface area contributed by atoms with Crippen LogP contribution in [0.2, 0.25) is 0 Å². The molecule has 0 saturated heterocycles. The van der Waals surface area contributed by atoms with Crippen molar-refractivity contribution in [1.29, 1.82) is 0 Å². The highest BCUT2D eigenvalue weighted by atomic mass is 127. The van der Waals surface area contributed by atoms with Crippen LogP contribution in [0.15, 0.2) is 35.9 Å². The SMILES string of the molecule is CC(=O)C1=CCN([S+]([O-])C(C)(C)C)[C@H]1Cc1ccccc1I. The number of ketones is 1. The number of nitrogens with zero attached hydrogens (tertiary/aromatic N) is 1. The van der Waals surface area contributed by atoms with Crippen molar-refractivity contribution in [2.24, 2.45) is 0 Å². The summed E-state index contributed by atoms with van der Waals surface area (Å²) in [4.78, 5) is 12.0. The largest absolute Gasteiger partial charge is 0.597 e. The van der Waals surface area contributed by atoms with E-state index in [0.29, 0.717) is 13.0 Å². The number of halogens is 1. The second kappa shape index (κ2) is 7.03. The maximum absolute atomic E-state index is 12.8. The Morgan fingerprint density at radius 2 is 2.05 bits per heavy atom. The summed E-state index contributed by atoms with van der Waals surface area (Å²) < 4.78 is 15.6. The van der Waals surface area contributed by atoms with E-state index in [1.807, 2.05) is 43.3 Å². The first-order valence-corrected chi connectivity index (χ1v) is 9.53. The minimum Gasteiger partial charge on any atom is -0.597 e. The van der Waals surface area contributed by atoms with E-state index in [-0.39, 0.29) is 16.6 Å². The van der Waals surface area contributed by atoms with Gasteiger partial charge in [0.2, 0.25) is 0 Å². The van der Waals surface area contributed by atoms with Gasteiger partial charge in [-0.15, -0.1) is 4.31 Å². The number of hydrogen-bond acceptors (Lipinski definition) is 3. The molecule has 1 aliphatic rings. The highest BCUT2D eigenvalue weighted by molar-refractivity contribution is 14.1. The van der Waals surface area contributed by atoms with Gasteiger partial charge in [0.15, 0.2) is 5.78 Å². The van der Waals surface area contributed by atoms with Gasteiger partial charge in [0.25, 0.3) is 0 Å². The Balaban J connectivity index is 2.30. The molecule has 2 rings (SSSR count). The molecule has 5 heteroatoms. The average molecular weight is 431 g/mol. The Morgan fingerprint density at radius 1 is 1.41 bits per heavy atom. The van der Waals surface area contributed by atoms with Gasteiger partial charge in [-0.25, -0.2) is 0 Å². The molecular formula is C17H22INO2S. The van der Waals surface area contributed by atoms with Crippen molar-refractivity contribution in [3.8, 4) is 0 Å². The van der Waals surface area contributed by atoms with E-state index in [0.717, 1.165) is 5.57 Å². The molecule has 0 saturated carbocycles. The highest BCUT2D eigenvalue weighted by Crippen LogP contribution is 2.32. The quantitative estimate of drug-likeness (QED) is 0.542. The van der Waals surface area contributed by atoms with Gasteiger partial charge < -0.3 is 4.55 Å². The maximum atomic E-state index is 12.8. The predicted octanol–water partition coefficient (Wildman–Crippen LogP) is 3.50. The van der Waals surface area contributed by atoms with E-state index in [1.165, 1.54) is 9.13 Å². The Morgan fingerprint density at radius 3 is 2.59 bits per heavy atom. The van der Waals surface area contributed by atoms with Crippen LogP contribution >= 0.6 is 22.6 Å². The molecule has 1 heterocycles. The molecule has 0 fully saturated rings. The zero-order valence-corrected chi connectivity index (χ0v) is 16.4. The summed E-state index contributed by atoms with van der Waals surface area (Å²) in [6.45, 7) is 8.08. The van der Waals surface area contributed by atoms with Gasteiger partial charge in [0, 0.05) is 20.5 Å². The average Bonchev–Trinajstić information content (AvgIpc) is 2.83. The van der Waals surface area contributed by atoms with Gasteiger partial charge in [-0.2, -0.15) is 0 Å². The molecule has 1 aromatic rings. The van der Waals surface area contributed by atoms with Crippen LogP contribution in [0.25, 0.3) is 0 Å². The van der Waals surface area contributed by atoms with Crippen molar-refractivity contribution in [2.75, 3.05) is 6.54 Å². The summed E-state index contributed by atoms with van der Waals surface area (Å²) in [5.41, 5.74) is 1.98. The fourth-order valence-electron chi connectivity index (χ4n) is 2.60. The van der Waals surface area contributed by atoms with Gasteiger partial charge in [-0.1, -0.05) is 24.3 Å². The van der Waals surface area contributed by atoms with E-state index >= 15 is 0 Å². The van der Waals surface area contributed by atoms with Crippen molar-refractivity contribution in [2.45, 2.75) is 44.9 Å². The van der Waals surface area contributed by atoms with Gasteiger partial charge >= 0.3 is 0 Å². The van der Waals surface area contributed by atoms with Crippen molar-refractivity contribution in [3.63, 3.8) is 0 Å². The van der Waals surface area contributed by atoms with Crippen LogP contribution in [0.4, 0.5) is 0 Å². The molecule has 0 aliphatic carbocycles. The number of Topliss-reactive ketones (excluding diaryl/α,β-unsaturated/α-hetero) is 1. The van der Waals surface area contributed by atoms with E-state index < -0.39 is 11.4 Å². The standard InChI is InChI=1S/C17H22INO2S/c1-12(20)14-9-10-19(22(21)17(2,3)4)16(14)11-13-7-5-6-8-15(13)18/h5-9,16H,10-11H2,1-4H3/t16-,22?/m0/s1. The third-order valence-corrected chi connectivity index (χ3v) is 6.64. The molecule has 0 bridgehead atoms. The normalized spacial score (nSPS) is 20.8. The van der Waals surface area contributed by atoms with Crippen molar-refractivity contribution in [1.82, 2.24) is 4.31 Å². The van der Waals surface area contributed by atoms with E-state index in [9.17, 15) is 9.35 Å². The maximum Gasteiger partial charge on any atom is 0.157 e. The van der Waals surface area contributed by atoms with Crippen molar-refractivity contribution in [3.05, 3.63) is 45.0 Å². The molecule has 1 unspecified atom stereocenters. The summed E-state index contributed by atoms with van der Waals surface area (Å²) in [6, 6.07) is 8.05. The lowest BCUT2D eigenvalue weighted by Gasteiger charge is -2.34. The topological polar surface area (TPSA) is 43.4 Å². The first kappa shape index (κ1) is 18.0. The van der Waals surface area contributed by atoms with E-state index in [1.54, 1.807) is 6.92 Å². The van der Waals surface area contributed by atoms with Crippen LogP contribution in [-0.4, -0.2) is 32.0 Å². The highest BCUT2D eigenvalue weighted by Gasteiger charge is 2.42. The molecule has 0 aromatic heterocycles. The van der Waals surface area contributed by atoms with Gasteiger partial charge in [0.05, 0.1) is 12.6 Å². The Hall–Kier alpha value is -0.370. The Kier molecular flexibility index (Phi) is 5.74. The number of rotatable bonds is 4. The lowest BCUT2D eigenvalue weighted by atomic mass is 9.98. The molecule has 1 aromatic carbocycles. The van der Waals surface area contributed by atoms with Crippen LogP contribution in [0.5, 0.6) is 0 Å². The van der Waals surface area contributed by atoms with Crippen molar-refractivity contribution < 1.29 is 9.35 Å². The lowest BCUT2D eigenvalue weighted by molar-refractivity contribution is -0.113. The van der Waals surface area contributed by atoms with Gasteiger partial charge in [0.1, 0.15) is 4.75 Å². The minimum atomic E-state index is -1.13. The molecule has 0 radical (unpaired) electrons. The lowest BCUT2D eigenvalue weighted by Crippen LogP contribution is -2.47. The second-order valence-electron chi connectivity index (χ2n) is 6.49. The van der Waals surface area contributed by atoms with Gasteiger partial charge in [-0.05, 0) is 68.3 Å². The third-order valence-electron chi connectivity index (χ3n) is 3.71. The summed E-state index contributed by atoms with van der Waals surface area (Å²) in [7, 11) is 0. The molecule has 3 nitrogen and oxygen atoms in total. The predicted molar refractivity (Wildman–Crippen MR) is 100 cm³/mol. The molecule has 0 amide bonds. The van der Waals surface area contributed by atoms with E-state index in [4.69, 9.17) is 0 Å². The van der Waals surface area contributed by atoms with Crippen LogP contribution < -0.4 is 0 Å². The fourth-order valence-corrected chi connectivity index (χ4v) is 4.54. The fraction of sp³-hybridized carbons (Fsp3) is 0.471. The Labute approximate surface area is 149 Å². The first-order valence-electron chi connectivity index (χ1n) is 7.35. The van der Waals surface area contributed by atoms with Crippen LogP contribution in [0, 0.1) is 3.57 Å². The van der Waals surface area contributed by atoms with Crippen LogP contribution in [0.1, 0.15) is 33.3 Å². The third kappa shape index (κ3) is 3.93. The molecular weight excluding hydrogens is 409 g/mol.